The number of thiophene rings is 1. The molecule has 106 valence electrons. The normalized spacial score (nSPS) is 19.7. The number of carbonyl (C=O) groups is 1. The van der Waals surface area contributed by atoms with Crippen LogP contribution in [0.3, 0.4) is 0 Å². The van der Waals surface area contributed by atoms with Crippen molar-refractivity contribution in [2.75, 3.05) is 6.54 Å². The highest BCUT2D eigenvalue weighted by Gasteiger charge is 2.34. The predicted molar refractivity (Wildman–Crippen MR) is 81.8 cm³/mol. The summed E-state index contributed by atoms with van der Waals surface area (Å²) in [6, 6.07) is 8.50. The van der Waals surface area contributed by atoms with Gasteiger partial charge in [-0.05, 0) is 30.0 Å². The largest absolute Gasteiger partial charge is 0.347 e. The predicted octanol–water partition coefficient (Wildman–Crippen LogP) is 3.53. The lowest BCUT2D eigenvalue weighted by Crippen LogP contribution is -2.44. The summed E-state index contributed by atoms with van der Waals surface area (Å²) in [5, 5.41) is 2.09. The molecule has 3 heterocycles. The van der Waals surface area contributed by atoms with Crippen molar-refractivity contribution in [3.05, 3.63) is 46.4 Å². The van der Waals surface area contributed by atoms with Crippen molar-refractivity contribution in [3.63, 3.8) is 0 Å². The van der Waals surface area contributed by atoms with Crippen LogP contribution in [-0.4, -0.2) is 21.9 Å². The Hall–Kier alpha value is -1.55. The van der Waals surface area contributed by atoms with Gasteiger partial charge in [-0.25, -0.2) is 0 Å². The molecule has 3 rings (SSSR count). The highest BCUT2D eigenvalue weighted by molar-refractivity contribution is 7.10. The number of nitrogens with zero attached hydrogens (tertiary/aromatic N) is 2. The van der Waals surface area contributed by atoms with Crippen molar-refractivity contribution < 1.29 is 4.79 Å². The average molecular weight is 288 g/mol. The molecule has 0 spiro atoms. The van der Waals surface area contributed by atoms with Crippen LogP contribution in [0.4, 0.5) is 0 Å². The Morgan fingerprint density at radius 2 is 2.25 bits per heavy atom. The maximum absolute atomic E-state index is 12.7. The standard InChI is InChI=1S/C16H20N2OS/c1-3-12(2)16(19)18-10-9-17-8-4-6-13(17)15(18)14-7-5-11-20-14/h4-8,11-12,15H,3,9-10H2,1-2H3/t12-,15-/m0/s1. The SMILES string of the molecule is CC[C@H](C)C(=O)N1CCn2cccc2[C@H]1c1cccs1. The second-order valence-corrected chi connectivity index (χ2v) is 6.36. The number of hydrogen-bond acceptors (Lipinski definition) is 2. The monoisotopic (exact) mass is 288 g/mol. The Kier molecular flexibility index (Phi) is 3.66. The van der Waals surface area contributed by atoms with E-state index in [1.807, 2.05) is 6.92 Å². The summed E-state index contributed by atoms with van der Waals surface area (Å²) in [5.41, 5.74) is 1.23. The van der Waals surface area contributed by atoms with Crippen LogP contribution in [0, 0.1) is 5.92 Å². The van der Waals surface area contributed by atoms with Gasteiger partial charge in [-0.2, -0.15) is 0 Å². The molecule has 2 aromatic heterocycles. The highest BCUT2D eigenvalue weighted by atomic mass is 32.1. The summed E-state index contributed by atoms with van der Waals surface area (Å²) in [6.07, 6.45) is 3.01. The molecule has 3 nitrogen and oxygen atoms in total. The first-order valence-corrected chi connectivity index (χ1v) is 8.09. The number of carbonyl (C=O) groups excluding carboxylic acids is 1. The van der Waals surface area contributed by atoms with Gasteiger partial charge in [-0.15, -0.1) is 11.3 Å². The fraction of sp³-hybridized carbons (Fsp3) is 0.438. The van der Waals surface area contributed by atoms with E-state index in [9.17, 15) is 4.79 Å². The third kappa shape index (κ3) is 2.18. The van der Waals surface area contributed by atoms with Crippen molar-refractivity contribution in [1.29, 1.82) is 0 Å². The van der Waals surface area contributed by atoms with Crippen molar-refractivity contribution in [2.45, 2.75) is 32.9 Å². The van der Waals surface area contributed by atoms with Gasteiger partial charge >= 0.3 is 0 Å². The summed E-state index contributed by atoms with van der Waals surface area (Å²) in [4.78, 5) is 16.0. The van der Waals surface area contributed by atoms with Crippen LogP contribution >= 0.6 is 11.3 Å². The number of fused-ring (bicyclic) bond motifs is 1. The lowest BCUT2D eigenvalue weighted by atomic mass is 10.0. The molecular weight excluding hydrogens is 268 g/mol. The lowest BCUT2D eigenvalue weighted by molar-refractivity contribution is -0.137. The maximum Gasteiger partial charge on any atom is 0.226 e. The molecule has 20 heavy (non-hydrogen) atoms. The second-order valence-electron chi connectivity index (χ2n) is 5.39. The Labute approximate surface area is 123 Å². The number of amides is 1. The average Bonchev–Trinajstić information content (AvgIpc) is 3.15. The van der Waals surface area contributed by atoms with Crippen molar-refractivity contribution >= 4 is 17.2 Å². The third-order valence-corrected chi connectivity index (χ3v) is 5.09. The van der Waals surface area contributed by atoms with Crippen LogP contribution < -0.4 is 0 Å². The summed E-state index contributed by atoms with van der Waals surface area (Å²) in [7, 11) is 0. The summed E-state index contributed by atoms with van der Waals surface area (Å²) < 4.78 is 2.27. The van der Waals surface area contributed by atoms with E-state index in [2.05, 4.69) is 52.2 Å². The van der Waals surface area contributed by atoms with Gasteiger partial charge in [-0.1, -0.05) is 19.9 Å². The fourth-order valence-electron chi connectivity index (χ4n) is 2.82. The van der Waals surface area contributed by atoms with Crippen LogP contribution in [0.15, 0.2) is 35.8 Å². The van der Waals surface area contributed by atoms with Gasteiger partial charge in [0.2, 0.25) is 5.91 Å². The molecule has 1 aliphatic heterocycles. The molecule has 0 unspecified atom stereocenters. The first-order chi connectivity index (χ1) is 9.72. The Balaban J connectivity index is 2.00. The molecule has 0 fully saturated rings. The second kappa shape index (κ2) is 5.44. The van der Waals surface area contributed by atoms with E-state index < -0.39 is 0 Å². The fourth-order valence-corrected chi connectivity index (χ4v) is 3.67. The number of aromatic nitrogens is 1. The number of hydrogen-bond donors (Lipinski definition) is 0. The first-order valence-electron chi connectivity index (χ1n) is 7.21. The minimum atomic E-state index is 0.0836. The van der Waals surface area contributed by atoms with Crippen molar-refractivity contribution in [2.24, 2.45) is 5.92 Å². The lowest BCUT2D eigenvalue weighted by Gasteiger charge is -2.38. The molecule has 0 radical (unpaired) electrons. The van der Waals surface area contributed by atoms with E-state index in [-0.39, 0.29) is 17.9 Å². The van der Waals surface area contributed by atoms with Crippen LogP contribution in [0.5, 0.6) is 0 Å². The van der Waals surface area contributed by atoms with Gasteiger partial charge in [0, 0.05) is 35.8 Å². The maximum atomic E-state index is 12.7. The zero-order chi connectivity index (χ0) is 14.1. The molecule has 2 atom stereocenters. The van der Waals surface area contributed by atoms with E-state index in [1.54, 1.807) is 11.3 Å². The molecule has 0 saturated heterocycles. The first kappa shape index (κ1) is 13.4. The summed E-state index contributed by atoms with van der Waals surface area (Å²) in [6.45, 7) is 5.80. The van der Waals surface area contributed by atoms with Gasteiger partial charge in [0.05, 0.1) is 0 Å². The molecular formula is C16H20N2OS. The zero-order valence-corrected chi connectivity index (χ0v) is 12.8. The van der Waals surface area contributed by atoms with Crippen LogP contribution in [0.2, 0.25) is 0 Å². The van der Waals surface area contributed by atoms with Gasteiger partial charge in [-0.3, -0.25) is 4.79 Å². The van der Waals surface area contributed by atoms with Crippen LogP contribution in [0.25, 0.3) is 0 Å². The quantitative estimate of drug-likeness (QED) is 0.848. The number of rotatable bonds is 3. The molecule has 0 aliphatic carbocycles. The summed E-state index contributed by atoms with van der Waals surface area (Å²) >= 11 is 1.73. The molecule has 0 N–H and O–H groups in total. The molecule has 1 aliphatic rings. The molecule has 0 aromatic carbocycles. The van der Waals surface area contributed by atoms with Crippen LogP contribution in [-0.2, 0) is 11.3 Å². The van der Waals surface area contributed by atoms with Crippen molar-refractivity contribution in [1.82, 2.24) is 9.47 Å². The van der Waals surface area contributed by atoms with E-state index >= 15 is 0 Å². The minimum Gasteiger partial charge on any atom is -0.347 e. The highest BCUT2D eigenvalue weighted by Crippen LogP contribution is 2.35. The smallest absolute Gasteiger partial charge is 0.226 e. The third-order valence-electron chi connectivity index (χ3n) is 4.17. The molecule has 0 saturated carbocycles. The van der Waals surface area contributed by atoms with Crippen LogP contribution in [0.1, 0.15) is 36.9 Å². The van der Waals surface area contributed by atoms with E-state index in [0.29, 0.717) is 0 Å². The Morgan fingerprint density at radius 3 is 2.95 bits per heavy atom. The van der Waals surface area contributed by atoms with E-state index in [1.165, 1.54) is 10.6 Å². The molecule has 0 bridgehead atoms. The van der Waals surface area contributed by atoms with Gasteiger partial charge < -0.3 is 9.47 Å². The van der Waals surface area contributed by atoms with Gasteiger partial charge in [0.15, 0.2) is 0 Å². The van der Waals surface area contributed by atoms with E-state index in [0.717, 1.165) is 19.5 Å². The Bertz CT molecular complexity index is 587. The Morgan fingerprint density at radius 1 is 1.40 bits per heavy atom. The molecule has 4 heteroatoms. The topological polar surface area (TPSA) is 25.2 Å². The zero-order valence-electron chi connectivity index (χ0n) is 12.0. The van der Waals surface area contributed by atoms with Crippen molar-refractivity contribution in [3.8, 4) is 0 Å². The minimum absolute atomic E-state index is 0.0836. The van der Waals surface area contributed by atoms with E-state index in [4.69, 9.17) is 0 Å². The van der Waals surface area contributed by atoms with Gasteiger partial charge in [0.25, 0.3) is 0 Å². The molecule has 2 aromatic rings. The molecule has 1 amide bonds. The van der Waals surface area contributed by atoms with Gasteiger partial charge in [0.1, 0.15) is 6.04 Å². The summed E-state index contributed by atoms with van der Waals surface area (Å²) in [5.74, 6) is 0.373.